The molecule has 2 heterocycles. The predicted molar refractivity (Wildman–Crippen MR) is 106 cm³/mol. The van der Waals surface area contributed by atoms with Crippen molar-refractivity contribution in [1.29, 1.82) is 0 Å². The lowest BCUT2D eigenvalue weighted by Crippen LogP contribution is -2.32. The smallest absolute Gasteiger partial charge is 0.258 e. The van der Waals surface area contributed by atoms with E-state index in [0.29, 0.717) is 35.0 Å². The SMILES string of the molecule is COc1ccc(NC2c3ncccc3C(=O)N2Cc2ccc(F)cc2)c(OC)c1. The molecule has 0 aliphatic carbocycles. The number of pyridine rings is 1. The molecule has 7 heteroatoms. The predicted octanol–water partition coefficient (Wildman–Crippen LogP) is 4.00. The minimum absolute atomic E-state index is 0.137. The molecule has 0 spiro atoms. The van der Waals surface area contributed by atoms with E-state index in [1.165, 1.54) is 12.1 Å². The maximum absolute atomic E-state index is 13.3. The number of nitrogens with one attached hydrogen (secondary N) is 1. The van der Waals surface area contributed by atoms with Gasteiger partial charge in [0.1, 0.15) is 23.5 Å². The van der Waals surface area contributed by atoms with Gasteiger partial charge in [0, 0.05) is 18.8 Å². The van der Waals surface area contributed by atoms with Crippen molar-refractivity contribution in [3.05, 3.63) is 83.4 Å². The largest absolute Gasteiger partial charge is 0.497 e. The number of carbonyl (C=O) groups is 1. The fraction of sp³-hybridized carbons (Fsp3) is 0.182. The average Bonchev–Trinajstić information content (AvgIpc) is 3.01. The molecule has 1 aliphatic rings. The van der Waals surface area contributed by atoms with Gasteiger partial charge in [0.05, 0.1) is 31.2 Å². The molecule has 1 amide bonds. The van der Waals surface area contributed by atoms with Gasteiger partial charge in [0.15, 0.2) is 0 Å². The van der Waals surface area contributed by atoms with Crippen molar-refractivity contribution in [3.8, 4) is 11.5 Å². The van der Waals surface area contributed by atoms with Gasteiger partial charge in [0.2, 0.25) is 0 Å². The van der Waals surface area contributed by atoms with Crippen LogP contribution in [0.15, 0.2) is 60.8 Å². The van der Waals surface area contributed by atoms with Crippen LogP contribution in [-0.4, -0.2) is 30.0 Å². The summed E-state index contributed by atoms with van der Waals surface area (Å²) in [5, 5.41) is 3.37. The van der Waals surface area contributed by atoms with E-state index in [-0.39, 0.29) is 11.7 Å². The number of aromatic nitrogens is 1. The molecule has 6 nitrogen and oxygen atoms in total. The number of halogens is 1. The number of ether oxygens (including phenoxy) is 2. The van der Waals surface area contributed by atoms with Crippen LogP contribution in [0.5, 0.6) is 11.5 Å². The van der Waals surface area contributed by atoms with Crippen LogP contribution >= 0.6 is 0 Å². The van der Waals surface area contributed by atoms with Crippen molar-refractivity contribution >= 4 is 11.6 Å². The first-order valence-electron chi connectivity index (χ1n) is 9.09. The summed E-state index contributed by atoms with van der Waals surface area (Å²) in [5.41, 5.74) is 2.70. The van der Waals surface area contributed by atoms with Gasteiger partial charge in [0.25, 0.3) is 5.91 Å². The second-order valence-corrected chi connectivity index (χ2v) is 6.61. The van der Waals surface area contributed by atoms with Crippen molar-refractivity contribution in [2.75, 3.05) is 19.5 Å². The second-order valence-electron chi connectivity index (χ2n) is 6.61. The molecule has 0 fully saturated rings. The van der Waals surface area contributed by atoms with Gasteiger partial charge < -0.3 is 19.7 Å². The van der Waals surface area contributed by atoms with Crippen molar-refractivity contribution in [2.24, 2.45) is 0 Å². The number of fused-ring (bicyclic) bond motifs is 1. The van der Waals surface area contributed by atoms with E-state index in [4.69, 9.17) is 9.47 Å². The van der Waals surface area contributed by atoms with E-state index >= 15 is 0 Å². The van der Waals surface area contributed by atoms with Crippen LogP contribution in [0.3, 0.4) is 0 Å². The highest BCUT2D eigenvalue weighted by Crippen LogP contribution is 2.37. The zero-order valence-electron chi connectivity index (χ0n) is 16.1. The molecular formula is C22H20FN3O3. The van der Waals surface area contributed by atoms with Crippen LogP contribution in [0.1, 0.15) is 27.8 Å². The maximum atomic E-state index is 13.3. The molecule has 4 rings (SSSR count). The number of methoxy groups -OCH3 is 2. The van der Waals surface area contributed by atoms with E-state index in [1.54, 1.807) is 55.6 Å². The summed E-state index contributed by atoms with van der Waals surface area (Å²) in [6.45, 7) is 0.311. The summed E-state index contributed by atoms with van der Waals surface area (Å²) >= 11 is 0. The first-order valence-corrected chi connectivity index (χ1v) is 9.09. The summed E-state index contributed by atoms with van der Waals surface area (Å²) in [6.07, 6.45) is 1.17. The minimum atomic E-state index is -0.494. The highest BCUT2D eigenvalue weighted by Gasteiger charge is 2.38. The van der Waals surface area contributed by atoms with Crippen LogP contribution in [0.2, 0.25) is 0 Å². The molecule has 0 saturated heterocycles. The van der Waals surface area contributed by atoms with E-state index in [2.05, 4.69) is 10.3 Å². The number of hydrogen-bond acceptors (Lipinski definition) is 5. The molecule has 0 saturated carbocycles. The molecule has 1 N–H and O–H groups in total. The number of nitrogens with zero attached hydrogens (tertiary/aromatic N) is 2. The molecular weight excluding hydrogens is 373 g/mol. The molecule has 3 aromatic rings. The lowest BCUT2D eigenvalue weighted by molar-refractivity contribution is 0.0727. The number of carbonyl (C=O) groups excluding carboxylic acids is 1. The highest BCUT2D eigenvalue weighted by atomic mass is 19.1. The normalized spacial score (nSPS) is 15.2. The number of anilines is 1. The molecule has 1 atom stereocenters. The fourth-order valence-corrected chi connectivity index (χ4v) is 3.40. The van der Waals surface area contributed by atoms with Gasteiger partial charge in [-0.2, -0.15) is 0 Å². The topological polar surface area (TPSA) is 63.7 Å². The lowest BCUT2D eigenvalue weighted by atomic mass is 10.2. The first kappa shape index (κ1) is 18.7. The summed E-state index contributed by atoms with van der Waals surface area (Å²) in [6, 6.07) is 15.0. The van der Waals surface area contributed by atoms with Gasteiger partial charge in [-0.1, -0.05) is 12.1 Å². The third kappa shape index (κ3) is 3.59. The maximum Gasteiger partial charge on any atom is 0.258 e. The summed E-state index contributed by atoms with van der Waals surface area (Å²) in [7, 11) is 3.16. The third-order valence-corrected chi connectivity index (χ3v) is 4.87. The van der Waals surface area contributed by atoms with E-state index < -0.39 is 6.17 Å². The van der Waals surface area contributed by atoms with Crippen LogP contribution in [0.25, 0.3) is 0 Å². The summed E-state index contributed by atoms with van der Waals surface area (Å²) in [5.74, 6) is 0.797. The average molecular weight is 393 g/mol. The summed E-state index contributed by atoms with van der Waals surface area (Å²) in [4.78, 5) is 19.2. The Kier molecular flexibility index (Phi) is 5.03. The Labute approximate surface area is 167 Å². The second kappa shape index (κ2) is 7.79. The zero-order chi connectivity index (χ0) is 20.4. The van der Waals surface area contributed by atoms with Crippen LogP contribution in [0, 0.1) is 5.82 Å². The van der Waals surface area contributed by atoms with Crippen LogP contribution in [0.4, 0.5) is 10.1 Å². The van der Waals surface area contributed by atoms with Crippen molar-refractivity contribution in [3.63, 3.8) is 0 Å². The molecule has 29 heavy (non-hydrogen) atoms. The highest BCUT2D eigenvalue weighted by molar-refractivity contribution is 5.99. The van der Waals surface area contributed by atoms with E-state index in [9.17, 15) is 9.18 Å². The quantitative estimate of drug-likeness (QED) is 0.686. The first-order chi connectivity index (χ1) is 14.1. The monoisotopic (exact) mass is 393 g/mol. The van der Waals surface area contributed by atoms with Crippen molar-refractivity contribution in [1.82, 2.24) is 9.88 Å². The summed E-state index contributed by atoms with van der Waals surface area (Å²) < 4.78 is 24.0. The van der Waals surface area contributed by atoms with E-state index in [0.717, 1.165) is 5.56 Å². The van der Waals surface area contributed by atoms with Crippen LogP contribution < -0.4 is 14.8 Å². The number of benzene rings is 2. The van der Waals surface area contributed by atoms with Crippen LogP contribution in [-0.2, 0) is 6.54 Å². The number of amides is 1. The van der Waals surface area contributed by atoms with Crippen molar-refractivity contribution < 1.29 is 18.7 Å². The van der Waals surface area contributed by atoms with Gasteiger partial charge >= 0.3 is 0 Å². The molecule has 2 aromatic carbocycles. The Morgan fingerprint density at radius 3 is 2.62 bits per heavy atom. The molecule has 1 aromatic heterocycles. The molecule has 148 valence electrons. The Bertz CT molecular complexity index is 1040. The fourth-order valence-electron chi connectivity index (χ4n) is 3.40. The molecule has 1 aliphatic heterocycles. The Balaban J connectivity index is 1.69. The number of rotatable bonds is 6. The third-order valence-electron chi connectivity index (χ3n) is 4.87. The Morgan fingerprint density at radius 2 is 1.90 bits per heavy atom. The lowest BCUT2D eigenvalue weighted by Gasteiger charge is -2.27. The van der Waals surface area contributed by atoms with Gasteiger partial charge in [-0.15, -0.1) is 0 Å². The Morgan fingerprint density at radius 1 is 1.10 bits per heavy atom. The van der Waals surface area contributed by atoms with Gasteiger partial charge in [-0.05, 0) is 42.0 Å². The van der Waals surface area contributed by atoms with E-state index in [1.807, 2.05) is 12.1 Å². The minimum Gasteiger partial charge on any atom is -0.497 e. The molecule has 0 radical (unpaired) electrons. The zero-order valence-corrected chi connectivity index (χ0v) is 16.1. The van der Waals surface area contributed by atoms with Gasteiger partial charge in [-0.3, -0.25) is 9.78 Å². The standard InChI is InChI=1S/C22H20FN3O3/c1-28-16-9-10-18(19(12-16)29-2)25-21-20-17(4-3-11-24-20)22(27)26(21)13-14-5-7-15(23)8-6-14/h3-12,21,25H,13H2,1-2H3. The van der Waals surface area contributed by atoms with Gasteiger partial charge in [-0.25, -0.2) is 4.39 Å². The van der Waals surface area contributed by atoms with Crippen molar-refractivity contribution in [2.45, 2.75) is 12.7 Å². The number of hydrogen-bond donors (Lipinski definition) is 1. The molecule has 1 unspecified atom stereocenters. The Hall–Kier alpha value is -3.61. The molecule has 0 bridgehead atoms.